The minimum atomic E-state index is -0.305. The molecule has 1 saturated carbocycles. The average Bonchev–Trinajstić information content (AvgIpc) is 3.45. The number of nitrogens with one attached hydrogen (secondary N) is 1. The lowest BCUT2D eigenvalue weighted by atomic mass is 9.93. The van der Waals surface area contributed by atoms with Crippen molar-refractivity contribution in [3.63, 3.8) is 0 Å². The molecule has 0 aliphatic heterocycles. The number of ether oxygens (including phenoxy) is 1. The van der Waals surface area contributed by atoms with Gasteiger partial charge in [0, 0.05) is 22.4 Å². The molecule has 1 heterocycles. The summed E-state index contributed by atoms with van der Waals surface area (Å²) in [6.45, 7) is 2.72. The monoisotopic (exact) mass is 441 g/mol. The third-order valence-electron chi connectivity index (χ3n) is 6.36. The van der Waals surface area contributed by atoms with E-state index in [1.54, 1.807) is 18.4 Å². The van der Waals surface area contributed by atoms with Crippen LogP contribution in [0.1, 0.15) is 46.1 Å². The molecule has 1 aromatic heterocycles. The number of thiophene rings is 1. The van der Waals surface area contributed by atoms with Gasteiger partial charge in [-0.2, -0.15) is 0 Å². The smallest absolute Gasteiger partial charge is 0.252 e. The summed E-state index contributed by atoms with van der Waals surface area (Å²) in [6, 6.07) is 25.2. The van der Waals surface area contributed by atoms with Crippen LogP contribution in [0.15, 0.2) is 72.8 Å². The molecule has 4 heteroatoms. The summed E-state index contributed by atoms with van der Waals surface area (Å²) in [4.78, 5) is 15.7. The molecule has 162 valence electrons. The first-order chi connectivity index (χ1) is 15.6. The Bertz CT molecular complexity index is 1290. The maximum absolute atomic E-state index is 13.3. The minimum Gasteiger partial charge on any atom is -0.379 e. The molecule has 1 N–H and O–H groups in total. The normalized spacial score (nSPS) is 14.4. The Morgan fingerprint density at radius 2 is 1.81 bits per heavy atom. The number of aryl methyl sites for hydroxylation is 1. The number of amides is 1. The van der Waals surface area contributed by atoms with E-state index < -0.39 is 0 Å². The van der Waals surface area contributed by atoms with Crippen LogP contribution in [0.5, 0.6) is 0 Å². The minimum absolute atomic E-state index is 0.0212. The van der Waals surface area contributed by atoms with Crippen LogP contribution >= 0.6 is 11.3 Å². The van der Waals surface area contributed by atoms with Crippen LogP contribution in [0, 0.1) is 0 Å². The number of methoxy groups -OCH3 is 1. The molecule has 4 aromatic rings. The van der Waals surface area contributed by atoms with Gasteiger partial charge in [-0.15, -0.1) is 11.3 Å². The van der Waals surface area contributed by atoms with E-state index in [9.17, 15) is 4.79 Å². The van der Waals surface area contributed by atoms with Crippen molar-refractivity contribution in [1.82, 2.24) is 5.32 Å². The van der Waals surface area contributed by atoms with Crippen molar-refractivity contribution in [2.45, 2.75) is 38.3 Å². The number of carbonyl (C=O) groups is 1. The zero-order valence-corrected chi connectivity index (χ0v) is 19.3. The molecule has 0 unspecified atom stereocenters. The number of benzene rings is 3. The summed E-state index contributed by atoms with van der Waals surface area (Å²) in [5.74, 6) is 0.0212. The molecular formula is C28H27NO2S. The standard InChI is InChI=1S/C28H27NO2S/c1-3-19-8-4-7-11-24(19)27(30)29-28(14-15-28)25-17-21(16-20-9-5-6-10-23(20)25)26-13-12-22(32-26)18-31-2/h4-13,16-17H,3,14-15,18H2,1-2H3,(H,29,30). The Morgan fingerprint density at radius 3 is 2.59 bits per heavy atom. The highest BCUT2D eigenvalue weighted by Crippen LogP contribution is 2.49. The fraction of sp³-hybridized carbons (Fsp3) is 0.250. The molecule has 1 fully saturated rings. The molecule has 3 nitrogen and oxygen atoms in total. The zero-order chi connectivity index (χ0) is 22.1. The van der Waals surface area contributed by atoms with Gasteiger partial charge < -0.3 is 10.1 Å². The number of hydrogen-bond acceptors (Lipinski definition) is 3. The fourth-order valence-electron chi connectivity index (χ4n) is 4.52. The van der Waals surface area contributed by atoms with Gasteiger partial charge in [-0.05, 0) is 77.1 Å². The third-order valence-corrected chi connectivity index (χ3v) is 7.46. The van der Waals surface area contributed by atoms with Crippen molar-refractivity contribution in [2.24, 2.45) is 0 Å². The Hall–Kier alpha value is -2.95. The lowest BCUT2D eigenvalue weighted by molar-refractivity contribution is 0.0930. The lowest BCUT2D eigenvalue weighted by Crippen LogP contribution is -2.35. The zero-order valence-electron chi connectivity index (χ0n) is 18.5. The molecule has 5 rings (SSSR count). The SMILES string of the molecule is CCc1ccccc1C(=O)NC1(c2cc(-c3ccc(COC)s3)cc3ccccc23)CC1. The van der Waals surface area contributed by atoms with Crippen molar-refractivity contribution in [3.05, 3.63) is 94.4 Å². The topological polar surface area (TPSA) is 38.3 Å². The van der Waals surface area contributed by atoms with Crippen molar-refractivity contribution in [3.8, 4) is 10.4 Å². The summed E-state index contributed by atoms with van der Waals surface area (Å²) in [5.41, 5.74) is 3.98. The Labute approximate surface area is 193 Å². The summed E-state index contributed by atoms with van der Waals surface area (Å²) in [6.07, 6.45) is 2.76. The fourth-order valence-corrected chi connectivity index (χ4v) is 5.49. The second-order valence-corrected chi connectivity index (χ2v) is 9.66. The lowest BCUT2D eigenvalue weighted by Gasteiger charge is -2.22. The molecule has 0 saturated heterocycles. The second-order valence-electron chi connectivity index (χ2n) is 8.49. The van der Waals surface area contributed by atoms with Gasteiger partial charge in [0.2, 0.25) is 0 Å². The number of fused-ring (bicyclic) bond motifs is 1. The van der Waals surface area contributed by atoms with E-state index in [1.807, 2.05) is 24.3 Å². The van der Waals surface area contributed by atoms with Gasteiger partial charge in [-0.3, -0.25) is 4.79 Å². The van der Waals surface area contributed by atoms with Crippen LogP contribution in [0.2, 0.25) is 0 Å². The number of carbonyl (C=O) groups excluding carboxylic acids is 1. The molecule has 0 radical (unpaired) electrons. The first kappa shape index (κ1) is 20.9. The van der Waals surface area contributed by atoms with E-state index in [4.69, 9.17) is 4.74 Å². The Morgan fingerprint density at radius 1 is 1.03 bits per heavy atom. The van der Waals surface area contributed by atoms with Gasteiger partial charge >= 0.3 is 0 Å². The molecule has 1 aliphatic rings. The van der Waals surface area contributed by atoms with E-state index in [0.29, 0.717) is 6.61 Å². The van der Waals surface area contributed by atoms with E-state index in [1.165, 1.54) is 31.7 Å². The highest BCUT2D eigenvalue weighted by molar-refractivity contribution is 7.15. The molecule has 0 bridgehead atoms. The Balaban J connectivity index is 1.56. The summed E-state index contributed by atoms with van der Waals surface area (Å²) in [7, 11) is 1.73. The highest BCUT2D eigenvalue weighted by atomic mass is 32.1. The second kappa shape index (κ2) is 8.53. The maximum Gasteiger partial charge on any atom is 0.252 e. The molecule has 1 amide bonds. The number of rotatable bonds is 7. The summed E-state index contributed by atoms with van der Waals surface area (Å²) >= 11 is 1.76. The maximum atomic E-state index is 13.3. The molecule has 0 spiro atoms. The van der Waals surface area contributed by atoms with Crippen LogP contribution in [0.3, 0.4) is 0 Å². The van der Waals surface area contributed by atoms with Crippen LogP contribution < -0.4 is 5.32 Å². The Kier molecular flexibility index (Phi) is 5.58. The first-order valence-electron chi connectivity index (χ1n) is 11.2. The van der Waals surface area contributed by atoms with Crippen molar-refractivity contribution >= 4 is 28.0 Å². The summed E-state index contributed by atoms with van der Waals surface area (Å²) in [5, 5.41) is 5.83. The summed E-state index contributed by atoms with van der Waals surface area (Å²) < 4.78 is 5.30. The van der Waals surface area contributed by atoms with Crippen molar-refractivity contribution in [2.75, 3.05) is 7.11 Å². The van der Waals surface area contributed by atoms with Gasteiger partial charge in [0.25, 0.3) is 5.91 Å². The molecule has 3 aromatic carbocycles. The predicted octanol–water partition coefficient (Wildman–Crippen LogP) is 6.70. The first-order valence-corrected chi connectivity index (χ1v) is 12.0. The van der Waals surface area contributed by atoms with Crippen LogP contribution in [0.25, 0.3) is 21.2 Å². The van der Waals surface area contributed by atoms with E-state index in [-0.39, 0.29) is 11.4 Å². The molecule has 0 atom stereocenters. The predicted molar refractivity (Wildman–Crippen MR) is 132 cm³/mol. The van der Waals surface area contributed by atoms with Crippen LogP contribution in [-0.2, 0) is 23.3 Å². The van der Waals surface area contributed by atoms with Gasteiger partial charge in [-0.1, -0.05) is 49.4 Å². The highest BCUT2D eigenvalue weighted by Gasteiger charge is 2.47. The molecular weight excluding hydrogens is 414 g/mol. The van der Waals surface area contributed by atoms with Crippen LogP contribution in [0.4, 0.5) is 0 Å². The quantitative estimate of drug-likeness (QED) is 0.347. The van der Waals surface area contributed by atoms with Gasteiger partial charge in [0.15, 0.2) is 0 Å². The van der Waals surface area contributed by atoms with E-state index in [0.717, 1.165) is 30.4 Å². The number of hydrogen-bond donors (Lipinski definition) is 1. The largest absolute Gasteiger partial charge is 0.379 e. The average molecular weight is 442 g/mol. The third kappa shape index (κ3) is 3.85. The van der Waals surface area contributed by atoms with Gasteiger partial charge in [0.05, 0.1) is 12.1 Å². The van der Waals surface area contributed by atoms with E-state index >= 15 is 0 Å². The molecule has 1 aliphatic carbocycles. The van der Waals surface area contributed by atoms with Crippen LogP contribution in [-0.4, -0.2) is 13.0 Å². The van der Waals surface area contributed by atoms with Crippen molar-refractivity contribution in [1.29, 1.82) is 0 Å². The van der Waals surface area contributed by atoms with Crippen molar-refractivity contribution < 1.29 is 9.53 Å². The van der Waals surface area contributed by atoms with Gasteiger partial charge in [0.1, 0.15) is 0 Å². The van der Waals surface area contributed by atoms with E-state index in [2.05, 4.69) is 60.8 Å². The molecule has 32 heavy (non-hydrogen) atoms. The van der Waals surface area contributed by atoms with Gasteiger partial charge in [-0.25, -0.2) is 0 Å².